The van der Waals surface area contributed by atoms with E-state index in [1.807, 2.05) is 36.0 Å². The first-order valence-electron chi connectivity index (χ1n) is 5.71. The van der Waals surface area contributed by atoms with Gasteiger partial charge in [-0.15, -0.1) is 11.6 Å². The van der Waals surface area contributed by atoms with Crippen molar-refractivity contribution in [2.24, 2.45) is 0 Å². The van der Waals surface area contributed by atoms with Gasteiger partial charge in [-0.3, -0.25) is 4.68 Å². The molecule has 2 aromatic rings. The lowest BCUT2D eigenvalue weighted by Crippen LogP contribution is -1.96. The highest BCUT2D eigenvalue weighted by Crippen LogP contribution is 2.26. The van der Waals surface area contributed by atoms with E-state index in [1.54, 1.807) is 6.20 Å². The Morgan fingerprint density at radius 2 is 2.17 bits per heavy atom. The van der Waals surface area contributed by atoms with Crippen LogP contribution in [0.2, 0.25) is 5.02 Å². The second-order valence-corrected chi connectivity index (χ2v) is 4.57. The van der Waals surface area contributed by atoms with E-state index >= 15 is 0 Å². The molecule has 0 spiro atoms. The van der Waals surface area contributed by atoms with Gasteiger partial charge in [0, 0.05) is 24.2 Å². The van der Waals surface area contributed by atoms with E-state index < -0.39 is 0 Å². The van der Waals surface area contributed by atoms with Crippen LogP contribution in [0.25, 0.3) is 0 Å². The Hall–Kier alpha value is -1.19. The number of hydrogen-bond donors (Lipinski definition) is 0. The Morgan fingerprint density at radius 1 is 1.33 bits per heavy atom. The van der Waals surface area contributed by atoms with Gasteiger partial charge in [0.15, 0.2) is 0 Å². The Labute approximate surface area is 116 Å². The van der Waals surface area contributed by atoms with Crippen molar-refractivity contribution in [3.05, 3.63) is 46.7 Å². The highest BCUT2D eigenvalue weighted by Gasteiger charge is 2.04. The minimum absolute atomic E-state index is 0.448. The van der Waals surface area contributed by atoms with E-state index in [4.69, 9.17) is 27.9 Å². The van der Waals surface area contributed by atoms with E-state index in [0.717, 1.165) is 17.7 Å². The fraction of sp³-hybridized carbons (Fsp3) is 0.308. The maximum absolute atomic E-state index is 6.10. The van der Waals surface area contributed by atoms with Crippen molar-refractivity contribution in [1.29, 1.82) is 0 Å². The van der Waals surface area contributed by atoms with Crippen molar-refractivity contribution in [2.75, 3.05) is 0 Å². The van der Waals surface area contributed by atoms with Crippen LogP contribution < -0.4 is 4.74 Å². The zero-order valence-electron chi connectivity index (χ0n) is 10.1. The third-order valence-electron chi connectivity index (χ3n) is 2.56. The number of halogens is 2. The molecule has 1 aromatic carbocycles. The summed E-state index contributed by atoms with van der Waals surface area (Å²) >= 11 is 11.8. The normalized spacial score (nSPS) is 10.6. The zero-order chi connectivity index (χ0) is 13.0. The van der Waals surface area contributed by atoms with Crippen LogP contribution in [0.3, 0.4) is 0 Å². The molecule has 0 aliphatic heterocycles. The van der Waals surface area contributed by atoms with Crippen molar-refractivity contribution in [1.82, 2.24) is 9.78 Å². The average molecular weight is 285 g/mol. The van der Waals surface area contributed by atoms with Crippen LogP contribution in [0.15, 0.2) is 30.6 Å². The number of ether oxygens (including phenoxy) is 1. The fourth-order valence-corrected chi connectivity index (χ4v) is 1.98. The number of alkyl halides is 1. The summed E-state index contributed by atoms with van der Waals surface area (Å²) in [5, 5.41) is 4.76. The molecule has 2 rings (SSSR count). The molecular weight excluding hydrogens is 271 g/mol. The lowest BCUT2D eigenvalue weighted by Gasteiger charge is -2.07. The standard InChI is InChI=1S/C13H14Cl2N2O/c1-2-17-8-11(7-16-17)9-18-13-4-3-10(6-14)5-12(13)15/h3-5,7-8H,2,6,9H2,1H3. The Bertz CT molecular complexity index is 525. The maximum Gasteiger partial charge on any atom is 0.138 e. The molecule has 0 bridgehead atoms. The van der Waals surface area contributed by atoms with Gasteiger partial charge in [0.1, 0.15) is 12.4 Å². The molecule has 18 heavy (non-hydrogen) atoms. The van der Waals surface area contributed by atoms with Gasteiger partial charge in [0.25, 0.3) is 0 Å². The molecule has 0 N–H and O–H groups in total. The SMILES string of the molecule is CCn1cc(COc2ccc(CCl)cc2Cl)cn1. The van der Waals surface area contributed by atoms with Gasteiger partial charge in [-0.05, 0) is 24.6 Å². The van der Waals surface area contributed by atoms with Gasteiger partial charge in [-0.1, -0.05) is 17.7 Å². The number of hydrogen-bond acceptors (Lipinski definition) is 2. The predicted octanol–water partition coefficient (Wildman–Crippen LogP) is 3.87. The molecule has 0 atom stereocenters. The average Bonchev–Trinajstić information content (AvgIpc) is 2.85. The summed E-state index contributed by atoms with van der Waals surface area (Å²) in [6, 6.07) is 5.56. The summed E-state index contributed by atoms with van der Waals surface area (Å²) < 4.78 is 7.51. The first kappa shape index (κ1) is 13.2. The van der Waals surface area contributed by atoms with Crippen LogP contribution in [0.4, 0.5) is 0 Å². The molecule has 0 saturated heterocycles. The molecular formula is C13H14Cl2N2O. The Balaban J connectivity index is 2.01. The fourth-order valence-electron chi connectivity index (χ4n) is 1.56. The lowest BCUT2D eigenvalue weighted by atomic mass is 10.2. The van der Waals surface area contributed by atoms with Gasteiger partial charge >= 0.3 is 0 Å². The largest absolute Gasteiger partial charge is 0.487 e. The Kier molecular flexibility index (Phi) is 4.50. The van der Waals surface area contributed by atoms with Crippen LogP contribution in [0.5, 0.6) is 5.75 Å². The highest BCUT2D eigenvalue weighted by molar-refractivity contribution is 6.32. The van der Waals surface area contributed by atoms with E-state index in [0.29, 0.717) is 23.3 Å². The number of nitrogens with zero attached hydrogens (tertiary/aromatic N) is 2. The summed E-state index contributed by atoms with van der Waals surface area (Å²) in [6.07, 6.45) is 3.76. The minimum Gasteiger partial charge on any atom is -0.487 e. The topological polar surface area (TPSA) is 27.1 Å². The van der Waals surface area contributed by atoms with Crippen LogP contribution in [-0.2, 0) is 19.0 Å². The number of benzene rings is 1. The van der Waals surface area contributed by atoms with Crippen LogP contribution >= 0.6 is 23.2 Å². The smallest absolute Gasteiger partial charge is 0.138 e. The summed E-state index contributed by atoms with van der Waals surface area (Å²) in [5.74, 6) is 1.11. The molecule has 0 saturated carbocycles. The predicted molar refractivity (Wildman–Crippen MR) is 73.2 cm³/mol. The second-order valence-electron chi connectivity index (χ2n) is 3.89. The molecule has 5 heteroatoms. The first-order valence-corrected chi connectivity index (χ1v) is 6.62. The van der Waals surface area contributed by atoms with Crippen molar-refractivity contribution in [2.45, 2.75) is 26.0 Å². The van der Waals surface area contributed by atoms with Gasteiger partial charge < -0.3 is 4.74 Å². The zero-order valence-corrected chi connectivity index (χ0v) is 11.6. The summed E-state index contributed by atoms with van der Waals surface area (Å²) in [5.41, 5.74) is 2.00. The molecule has 1 aromatic heterocycles. The second kappa shape index (κ2) is 6.12. The molecule has 0 aliphatic carbocycles. The lowest BCUT2D eigenvalue weighted by molar-refractivity contribution is 0.306. The van der Waals surface area contributed by atoms with E-state index in [2.05, 4.69) is 5.10 Å². The van der Waals surface area contributed by atoms with E-state index in [-0.39, 0.29) is 0 Å². The van der Waals surface area contributed by atoms with Crippen LogP contribution in [-0.4, -0.2) is 9.78 Å². The molecule has 96 valence electrons. The molecule has 1 heterocycles. The third-order valence-corrected chi connectivity index (χ3v) is 3.16. The number of rotatable bonds is 5. The molecule has 0 fully saturated rings. The summed E-state index contributed by atoms with van der Waals surface area (Å²) in [4.78, 5) is 0. The Morgan fingerprint density at radius 3 is 2.78 bits per heavy atom. The minimum atomic E-state index is 0.448. The van der Waals surface area contributed by atoms with E-state index in [9.17, 15) is 0 Å². The van der Waals surface area contributed by atoms with Crippen LogP contribution in [0, 0.1) is 0 Å². The monoisotopic (exact) mass is 284 g/mol. The molecule has 0 amide bonds. The summed E-state index contributed by atoms with van der Waals surface area (Å²) in [7, 11) is 0. The van der Waals surface area contributed by atoms with Crippen molar-refractivity contribution < 1.29 is 4.74 Å². The molecule has 0 aliphatic rings. The van der Waals surface area contributed by atoms with Gasteiger partial charge in [0.2, 0.25) is 0 Å². The van der Waals surface area contributed by atoms with Crippen molar-refractivity contribution >= 4 is 23.2 Å². The molecule has 0 radical (unpaired) electrons. The van der Waals surface area contributed by atoms with Crippen molar-refractivity contribution in [3.63, 3.8) is 0 Å². The maximum atomic E-state index is 6.10. The van der Waals surface area contributed by atoms with Gasteiger partial charge in [-0.25, -0.2) is 0 Å². The van der Waals surface area contributed by atoms with E-state index in [1.165, 1.54) is 0 Å². The molecule has 0 unspecified atom stereocenters. The van der Waals surface area contributed by atoms with Gasteiger partial charge in [0.05, 0.1) is 11.2 Å². The molecule has 3 nitrogen and oxygen atoms in total. The van der Waals surface area contributed by atoms with Crippen molar-refractivity contribution in [3.8, 4) is 5.75 Å². The summed E-state index contributed by atoms with van der Waals surface area (Å²) in [6.45, 7) is 3.35. The highest BCUT2D eigenvalue weighted by atomic mass is 35.5. The van der Waals surface area contributed by atoms with Gasteiger partial charge in [-0.2, -0.15) is 5.10 Å². The number of aromatic nitrogens is 2. The van der Waals surface area contributed by atoms with Crippen LogP contribution in [0.1, 0.15) is 18.1 Å². The first-order chi connectivity index (χ1) is 8.72. The quantitative estimate of drug-likeness (QED) is 0.780. The third kappa shape index (κ3) is 3.18. The number of aryl methyl sites for hydroxylation is 1.